The third kappa shape index (κ3) is 3.81. The zero-order valence-electron chi connectivity index (χ0n) is 13.2. The third-order valence-corrected chi connectivity index (χ3v) is 4.12. The van der Waals surface area contributed by atoms with Crippen LogP contribution in [0.2, 0.25) is 0 Å². The number of nitrogens with zero attached hydrogens (tertiary/aromatic N) is 3. The van der Waals surface area contributed by atoms with E-state index in [9.17, 15) is 4.79 Å². The van der Waals surface area contributed by atoms with Crippen LogP contribution >= 0.6 is 0 Å². The van der Waals surface area contributed by atoms with Gasteiger partial charge in [0.2, 0.25) is 0 Å². The molecule has 6 heteroatoms. The Hall–Kier alpha value is -1.43. The number of aromatic nitrogens is 3. The molecular formula is C15H26N4O2. The quantitative estimate of drug-likeness (QED) is 0.733. The van der Waals surface area contributed by atoms with Crippen LogP contribution < -0.4 is 5.73 Å². The average Bonchev–Trinajstić information content (AvgIpc) is 3.17. The Bertz CT molecular complexity index is 482. The van der Waals surface area contributed by atoms with Gasteiger partial charge in [0, 0.05) is 19.5 Å². The molecule has 1 saturated carbocycles. The number of carbonyl (C=O) groups excluding carboxylic acids is 1. The molecule has 0 amide bonds. The molecule has 0 radical (unpaired) electrons. The summed E-state index contributed by atoms with van der Waals surface area (Å²) < 4.78 is 6.91. The van der Waals surface area contributed by atoms with Crippen molar-refractivity contribution in [3.05, 3.63) is 12.2 Å². The van der Waals surface area contributed by atoms with Gasteiger partial charge in [0.05, 0.1) is 12.5 Å². The van der Waals surface area contributed by atoms with Crippen LogP contribution in [0, 0.1) is 17.3 Å². The molecule has 21 heavy (non-hydrogen) atoms. The number of esters is 1. The van der Waals surface area contributed by atoms with Gasteiger partial charge in [0.25, 0.3) is 0 Å². The maximum absolute atomic E-state index is 12.3. The smallest absolute Gasteiger partial charge is 0.313 e. The number of rotatable bonds is 8. The Labute approximate surface area is 126 Å². The topological polar surface area (TPSA) is 83.0 Å². The summed E-state index contributed by atoms with van der Waals surface area (Å²) in [6, 6.07) is 0. The van der Waals surface area contributed by atoms with E-state index in [1.165, 1.54) is 20.0 Å². The maximum atomic E-state index is 12.3. The summed E-state index contributed by atoms with van der Waals surface area (Å²) in [6.45, 7) is 5.34. The molecule has 0 saturated heterocycles. The predicted octanol–water partition coefficient (Wildman–Crippen LogP) is 1.39. The molecule has 1 aliphatic rings. The van der Waals surface area contributed by atoms with Gasteiger partial charge in [-0.2, -0.15) is 5.10 Å². The second-order valence-electron chi connectivity index (χ2n) is 6.55. The third-order valence-electron chi connectivity index (χ3n) is 4.12. The van der Waals surface area contributed by atoms with Crippen molar-refractivity contribution in [3.8, 4) is 0 Å². The summed E-state index contributed by atoms with van der Waals surface area (Å²) in [5, 5.41) is 4.27. The van der Waals surface area contributed by atoms with Gasteiger partial charge in [-0.25, -0.2) is 9.67 Å². The van der Waals surface area contributed by atoms with E-state index in [0.29, 0.717) is 18.3 Å². The number of nitrogens with two attached hydrogens (primary N) is 1. The lowest BCUT2D eigenvalue weighted by molar-refractivity contribution is -0.153. The maximum Gasteiger partial charge on any atom is 0.313 e. The lowest BCUT2D eigenvalue weighted by atomic mass is 9.79. The fourth-order valence-electron chi connectivity index (χ4n) is 2.78. The molecule has 1 unspecified atom stereocenters. The Morgan fingerprint density at radius 3 is 2.81 bits per heavy atom. The molecule has 2 rings (SSSR count). The van der Waals surface area contributed by atoms with E-state index in [1.54, 1.807) is 6.33 Å². The SMILES string of the molecule is COC(=O)C(CN)(Cc1ncnn1CC(C)C)CC1CC1. The number of hydrogen-bond donors (Lipinski definition) is 1. The normalized spacial score (nSPS) is 17.8. The Morgan fingerprint density at radius 2 is 2.29 bits per heavy atom. The minimum atomic E-state index is -0.669. The molecule has 1 aromatic rings. The van der Waals surface area contributed by atoms with Crippen LogP contribution in [-0.2, 0) is 22.5 Å². The van der Waals surface area contributed by atoms with Crippen molar-refractivity contribution < 1.29 is 9.53 Å². The minimum absolute atomic E-state index is 0.226. The first-order valence-electron chi connectivity index (χ1n) is 7.66. The Kier molecular flexibility index (Phi) is 4.98. The lowest BCUT2D eigenvalue weighted by Crippen LogP contribution is -2.42. The first-order chi connectivity index (χ1) is 10.0. The van der Waals surface area contributed by atoms with Crippen LogP contribution in [0.5, 0.6) is 0 Å². The molecule has 118 valence electrons. The number of ether oxygens (including phenoxy) is 1. The van der Waals surface area contributed by atoms with Crippen molar-refractivity contribution in [1.82, 2.24) is 14.8 Å². The second kappa shape index (κ2) is 6.56. The first kappa shape index (κ1) is 15.9. The molecule has 0 aromatic carbocycles. The molecule has 0 aliphatic heterocycles. The Balaban J connectivity index is 2.21. The minimum Gasteiger partial charge on any atom is -0.469 e. The van der Waals surface area contributed by atoms with Crippen molar-refractivity contribution in [3.63, 3.8) is 0 Å². The molecule has 6 nitrogen and oxygen atoms in total. The van der Waals surface area contributed by atoms with Crippen molar-refractivity contribution in [2.45, 2.75) is 46.1 Å². The second-order valence-corrected chi connectivity index (χ2v) is 6.55. The average molecular weight is 294 g/mol. The van der Waals surface area contributed by atoms with Crippen LogP contribution in [0.1, 0.15) is 38.9 Å². The van der Waals surface area contributed by atoms with Crippen molar-refractivity contribution in [2.24, 2.45) is 23.0 Å². The summed E-state index contributed by atoms with van der Waals surface area (Å²) in [5.74, 6) is 1.66. The summed E-state index contributed by atoms with van der Waals surface area (Å²) in [5.41, 5.74) is 5.30. The van der Waals surface area contributed by atoms with E-state index < -0.39 is 5.41 Å². The summed E-state index contributed by atoms with van der Waals surface area (Å²) in [7, 11) is 1.43. The highest BCUT2D eigenvalue weighted by Gasteiger charge is 2.44. The van der Waals surface area contributed by atoms with Crippen LogP contribution in [0.4, 0.5) is 0 Å². The van der Waals surface area contributed by atoms with Crippen molar-refractivity contribution in [2.75, 3.05) is 13.7 Å². The first-order valence-corrected chi connectivity index (χ1v) is 7.66. The summed E-state index contributed by atoms with van der Waals surface area (Å²) in [6.07, 6.45) is 5.19. The van der Waals surface area contributed by atoms with Gasteiger partial charge in [-0.15, -0.1) is 0 Å². The molecule has 1 aliphatic carbocycles. The van der Waals surface area contributed by atoms with E-state index in [4.69, 9.17) is 10.5 Å². The fraction of sp³-hybridized carbons (Fsp3) is 0.800. The van der Waals surface area contributed by atoms with Crippen molar-refractivity contribution >= 4 is 5.97 Å². The van der Waals surface area contributed by atoms with E-state index in [-0.39, 0.29) is 12.5 Å². The molecule has 1 aromatic heterocycles. The monoisotopic (exact) mass is 294 g/mol. The molecule has 0 spiro atoms. The van der Waals surface area contributed by atoms with E-state index >= 15 is 0 Å². The van der Waals surface area contributed by atoms with Gasteiger partial charge in [-0.3, -0.25) is 4.79 Å². The zero-order chi connectivity index (χ0) is 15.5. The summed E-state index contributed by atoms with van der Waals surface area (Å²) in [4.78, 5) is 16.7. The van der Waals surface area contributed by atoms with Crippen molar-refractivity contribution in [1.29, 1.82) is 0 Å². The van der Waals surface area contributed by atoms with Gasteiger partial charge < -0.3 is 10.5 Å². The fourth-order valence-corrected chi connectivity index (χ4v) is 2.78. The van der Waals surface area contributed by atoms with Gasteiger partial charge in [-0.05, 0) is 18.3 Å². The predicted molar refractivity (Wildman–Crippen MR) is 79.4 cm³/mol. The van der Waals surface area contributed by atoms with E-state index in [2.05, 4.69) is 23.9 Å². The van der Waals surface area contributed by atoms with Gasteiger partial charge in [-0.1, -0.05) is 26.7 Å². The van der Waals surface area contributed by atoms with Crippen LogP contribution in [0.15, 0.2) is 6.33 Å². The van der Waals surface area contributed by atoms with Crippen LogP contribution in [0.25, 0.3) is 0 Å². The lowest BCUT2D eigenvalue weighted by Gasteiger charge is -2.29. The standard InChI is InChI=1S/C15H26N4O2/c1-11(2)8-19-13(17-10-18-19)7-15(9-16,14(20)21-3)6-12-4-5-12/h10-12H,4-9,16H2,1-3H3. The Morgan fingerprint density at radius 1 is 1.57 bits per heavy atom. The molecule has 0 bridgehead atoms. The highest BCUT2D eigenvalue weighted by atomic mass is 16.5. The molecular weight excluding hydrogens is 268 g/mol. The van der Waals surface area contributed by atoms with E-state index in [1.807, 2.05) is 4.68 Å². The van der Waals surface area contributed by atoms with Crippen LogP contribution in [0.3, 0.4) is 0 Å². The van der Waals surface area contributed by atoms with Gasteiger partial charge >= 0.3 is 5.97 Å². The van der Waals surface area contributed by atoms with E-state index in [0.717, 1.165) is 18.8 Å². The zero-order valence-corrected chi connectivity index (χ0v) is 13.2. The van der Waals surface area contributed by atoms with Gasteiger partial charge in [0.15, 0.2) is 0 Å². The number of hydrogen-bond acceptors (Lipinski definition) is 5. The van der Waals surface area contributed by atoms with Crippen LogP contribution in [-0.4, -0.2) is 34.4 Å². The molecule has 1 fully saturated rings. The highest BCUT2D eigenvalue weighted by molar-refractivity contribution is 5.77. The largest absolute Gasteiger partial charge is 0.469 e. The highest BCUT2D eigenvalue weighted by Crippen LogP contribution is 2.42. The summed E-state index contributed by atoms with van der Waals surface area (Å²) >= 11 is 0. The van der Waals surface area contributed by atoms with Gasteiger partial charge in [0.1, 0.15) is 12.2 Å². The molecule has 1 atom stereocenters. The number of carbonyl (C=O) groups is 1. The molecule has 2 N–H and O–H groups in total. The number of methoxy groups -OCH3 is 1. The molecule has 1 heterocycles.